The number of alkyl halides is 2. The molecule has 0 spiro atoms. The van der Waals surface area contributed by atoms with Crippen molar-refractivity contribution in [2.24, 2.45) is 0 Å². The molecule has 2 aromatic rings. The minimum atomic E-state index is -2.43. The Morgan fingerprint density at radius 2 is 2.03 bits per heavy atom. The van der Waals surface area contributed by atoms with Crippen LogP contribution in [0.2, 0.25) is 0 Å². The highest BCUT2D eigenvalue weighted by molar-refractivity contribution is 5.44. The van der Waals surface area contributed by atoms with Gasteiger partial charge in [0.2, 0.25) is 5.95 Å². The second kappa shape index (κ2) is 9.87. The molecule has 3 rings (SSSR count). The van der Waals surface area contributed by atoms with Crippen LogP contribution in [-0.2, 0) is 0 Å². The summed E-state index contributed by atoms with van der Waals surface area (Å²) in [5.41, 5.74) is 2.46. The van der Waals surface area contributed by atoms with E-state index in [4.69, 9.17) is 4.74 Å². The number of nitrogens with zero attached hydrogens (tertiary/aromatic N) is 4. The number of anilines is 2. The molecule has 0 radical (unpaired) electrons. The Morgan fingerprint density at radius 1 is 1.30 bits per heavy atom. The van der Waals surface area contributed by atoms with Crippen LogP contribution in [0.1, 0.15) is 38.2 Å². The van der Waals surface area contributed by atoms with E-state index in [1.54, 1.807) is 19.3 Å². The van der Waals surface area contributed by atoms with Crippen LogP contribution in [0.4, 0.5) is 20.5 Å². The fourth-order valence-corrected chi connectivity index (χ4v) is 3.73. The van der Waals surface area contributed by atoms with Crippen LogP contribution >= 0.6 is 0 Å². The number of aromatic nitrogens is 2. The average molecular weight is 417 g/mol. The van der Waals surface area contributed by atoms with Crippen molar-refractivity contribution in [3.05, 3.63) is 54.2 Å². The Kier molecular flexibility index (Phi) is 7.24. The van der Waals surface area contributed by atoms with Crippen LogP contribution in [0.15, 0.2) is 48.7 Å². The minimum absolute atomic E-state index is 0.0564. The highest BCUT2D eigenvalue weighted by Crippen LogP contribution is 2.27. The Hall–Kier alpha value is -2.70. The van der Waals surface area contributed by atoms with Crippen LogP contribution in [0.3, 0.4) is 0 Å². The van der Waals surface area contributed by atoms with Crippen molar-refractivity contribution in [3.63, 3.8) is 0 Å². The van der Waals surface area contributed by atoms with Gasteiger partial charge in [0, 0.05) is 26.2 Å². The van der Waals surface area contributed by atoms with Gasteiger partial charge in [0.1, 0.15) is 17.7 Å². The Labute approximate surface area is 177 Å². The Bertz CT molecular complexity index is 843. The summed E-state index contributed by atoms with van der Waals surface area (Å²) in [5, 5.41) is 0. The average Bonchev–Trinajstić information content (AvgIpc) is 3.16. The molecule has 1 aromatic heterocycles. The maximum Gasteiger partial charge on any atom is 0.255 e. The van der Waals surface area contributed by atoms with Gasteiger partial charge in [-0.1, -0.05) is 24.6 Å². The number of benzene rings is 1. The maximum atomic E-state index is 12.6. The van der Waals surface area contributed by atoms with Gasteiger partial charge in [-0.05, 0) is 43.0 Å². The normalized spacial score (nSPS) is 17.3. The van der Waals surface area contributed by atoms with E-state index in [9.17, 15) is 8.78 Å². The quantitative estimate of drug-likeness (QED) is 0.544. The third-order valence-corrected chi connectivity index (χ3v) is 5.26. The molecule has 1 aliphatic rings. The third kappa shape index (κ3) is 5.90. The molecule has 2 atom stereocenters. The van der Waals surface area contributed by atoms with Crippen LogP contribution in [0, 0.1) is 0 Å². The van der Waals surface area contributed by atoms with Gasteiger partial charge in [0.15, 0.2) is 0 Å². The molecule has 7 heteroatoms. The molecule has 0 bridgehead atoms. The van der Waals surface area contributed by atoms with Gasteiger partial charge in [-0.3, -0.25) is 0 Å². The van der Waals surface area contributed by atoms with Gasteiger partial charge in [-0.25, -0.2) is 13.8 Å². The maximum absolute atomic E-state index is 12.6. The predicted octanol–water partition coefficient (Wildman–Crippen LogP) is 4.91. The molecule has 1 fully saturated rings. The molecule has 0 aliphatic carbocycles. The van der Waals surface area contributed by atoms with E-state index in [-0.39, 0.29) is 6.10 Å². The first kappa shape index (κ1) is 22.0. The molecule has 1 aliphatic heterocycles. The first-order valence-electron chi connectivity index (χ1n) is 10.3. The second-order valence-corrected chi connectivity index (χ2v) is 8.09. The number of allylic oxidation sites excluding steroid dienone is 1. The molecule has 0 N–H and O–H groups in total. The van der Waals surface area contributed by atoms with E-state index in [1.807, 2.05) is 12.1 Å². The monoisotopic (exact) mass is 416 g/mol. The number of ether oxygens (including phenoxy) is 1. The minimum Gasteiger partial charge on any atom is -0.489 e. The molecule has 1 saturated heterocycles. The molecule has 5 nitrogen and oxygen atoms in total. The zero-order valence-corrected chi connectivity index (χ0v) is 17.9. The summed E-state index contributed by atoms with van der Waals surface area (Å²) >= 11 is 0. The van der Waals surface area contributed by atoms with Crippen molar-refractivity contribution in [1.29, 1.82) is 0 Å². The summed E-state index contributed by atoms with van der Waals surface area (Å²) in [6.07, 6.45) is 1.09. The summed E-state index contributed by atoms with van der Waals surface area (Å²) in [6.45, 7) is 9.35. The Balaban J connectivity index is 1.57. The SMILES string of the molecule is C=C(C)C[C@@H](C)c1ccc(O[C@@H]2CCN(c3ccnc(N(C)CC(F)F)n3)C2)cc1. The lowest BCUT2D eigenvalue weighted by Crippen LogP contribution is -2.28. The molecule has 1 aromatic carbocycles. The summed E-state index contributed by atoms with van der Waals surface area (Å²) in [5.74, 6) is 2.33. The molecule has 0 unspecified atom stereocenters. The molecule has 0 saturated carbocycles. The van der Waals surface area contributed by atoms with Gasteiger partial charge >= 0.3 is 0 Å². The van der Waals surface area contributed by atoms with Crippen LogP contribution in [-0.4, -0.2) is 49.2 Å². The highest BCUT2D eigenvalue weighted by atomic mass is 19.3. The van der Waals surface area contributed by atoms with Crippen molar-refractivity contribution in [2.75, 3.05) is 36.5 Å². The van der Waals surface area contributed by atoms with Crippen molar-refractivity contribution in [2.45, 2.75) is 45.1 Å². The number of halogens is 2. The zero-order valence-electron chi connectivity index (χ0n) is 17.9. The first-order valence-corrected chi connectivity index (χ1v) is 10.3. The molecular formula is C23H30F2N4O. The van der Waals surface area contributed by atoms with Crippen molar-refractivity contribution >= 4 is 11.8 Å². The van der Waals surface area contributed by atoms with E-state index >= 15 is 0 Å². The van der Waals surface area contributed by atoms with Gasteiger partial charge in [-0.15, -0.1) is 6.58 Å². The van der Waals surface area contributed by atoms with Crippen LogP contribution in [0.25, 0.3) is 0 Å². The lowest BCUT2D eigenvalue weighted by atomic mass is 9.95. The Morgan fingerprint density at radius 3 is 2.70 bits per heavy atom. The number of hydrogen-bond acceptors (Lipinski definition) is 5. The van der Waals surface area contributed by atoms with Crippen LogP contribution < -0.4 is 14.5 Å². The largest absolute Gasteiger partial charge is 0.489 e. The second-order valence-electron chi connectivity index (χ2n) is 8.09. The van der Waals surface area contributed by atoms with Crippen molar-refractivity contribution in [1.82, 2.24) is 9.97 Å². The summed E-state index contributed by atoms with van der Waals surface area (Å²) < 4.78 is 31.4. The van der Waals surface area contributed by atoms with E-state index < -0.39 is 13.0 Å². The van der Waals surface area contributed by atoms with Gasteiger partial charge in [0.05, 0.1) is 13.1 Å². The molecule has 0 amide bonds. The summed E-state index contributed by atoms with van der Waals surface area (Å²) in [7, 11) is 1.57. The standard InChI is InChI=1S/C23H30F2N4O/c1-16(2)13-17(3)18-5-7-19(8-6-18)30-20-10-12-29(14-20)22-9-11-26-23(27-22)28(4)15-21(24)25/h5-9,11,17,20-21H,1,10,12-15H2,2-4H3/t17-,20-/m1/s1. The van der Waals surface area contributed by atoms with E-state index in [0.717, 1.165) is 31.0 Å². The molecule has 162 valence electrons. The fraction of sp³-hybridized carbons (Fsp3) is 0.478. The lowest BCUT2D eigenvalue weighted by Gasteiger charge is -2.21. The first-order chi connectivity index (χ1) is 14.3. The van der Waals surface area contributed by atoms with E-state index in [2.05, 4.69) is 47.4 Å². The zero-order chi connectivity index (χ0) is 21.7. The van der Waals surface area contributed by atoms with E-state index in [0.29, 0.717) is 18.4 Å². The lowest BCUT2D eigenvalue weighted by molar-refractivity contribution is 0.156. The third-order valence-electron chi connectivity index (χ3n) is 5.26. The van der Waals surface area contributed by atoms with Crippen molar-refractivity contribution < 1.29 is 13.5 Å². The summed E-state index contributed by atoms with van der Waals surface area (Å²) in [6, 6.07) is 10.1. The van der Waals surface area contributed by atoms with E-state index in [1.165, 1.54) is 16.0 Å². The van der Waals surface area contributed by atoms with Crippen LogP contribution in [0.5, 0.6) is 5.75 Å². The summed E-state index contributed by atoms with van der Waals surface area (Å²) in [4.78, 5) is 12.0. The van der Waals surface area contributed by atoms with Gasteiger partial charge in [-0.2, -0.15) is 4.98 Å². The number of hydrogen-bond donors (Lipinski definition) is 0. The fourth-order valence-electron chi connectivity index (χ4n) is 3.73. The topological polar surface area (TPSA) is 41.5 Å². The molecular weight excluding hydrogens is 386 g/mol. The van der Waals surface area contributed by atoms with Crippen molar-refractivity contribution in [3.8, 4) is 5.75 Å². The molecule has 30 heavy (non-hydrogen) atoms. The molecule has 2 heterocycles. The smallest absolute Gasteiger partial charge is 0.255 e. The van der Waals surface area contributed by atoms with Gasteiger partial charge in [0.25, 0.3) is 6.43 Å². The number of rotatable bonds is 9. The highest BCUT2D eigenvalue weighted by Gasteiger charge is 2.26. The predicted molar refractivity (Wildman–Crippen MR) is 117 cm³/mol. The van der Waals surface area contributed by atoms with Gasteiger partial charge < -0.3 is 14.5 Å².